The number of ether oxygens (including phenoxy) is 1. The number of hydrogen-bond acceptors (Lipinski definition) is 4. The van der Waals surface area contributed by atoms with Crippen LogP contribution < -0.4 is 0 Å². The summed E-state index contributed by atoms with van der Waals surface area (Å²) in [6, 6.07) is 0. The lowest BCUT2D eigenvalue weighted by Gasteiger charge is -1.98. The normalized spacial score (nSPS) is 9.16. The van der Waals surface area contributed by atoms with Crippen LogP contribution in [0.3, 0.4) is 0 Å². The minimum absolute atomic E-state index is 0.0271. The number of hydrogen-bond donors (Lipinski definition) is 2. The van der Waals surface area contributed by atoms with Crippen molar-refractivity contribution in [3.63, 3.8) is 0 Å². The number of esters is 1. The molecule has 0 aliphatic carbocycles. The van der Waals surface area contributed by atoms with Gasteiger partial charge in [0.25, 0.3) is 0 Å². The molecule has 0 aromatic heterocycles. The molecule has 19 heavy (non-hydrogen) atoms. The summed E-state index contributed by atoms with van der Waals surface area (Å²) in [6.45, 7) is 10.3. The lowest BCUT2D eigenvalue weighted by Crippen LogP contribution is -2.05. The summed E-state index contributed by atoms with van der Waals surface area (Å²) in [4.78, 5) is 30.6. The molecule has 0 fully saturated rings. The molecule has 0 amide bonds. The minimum atomic E-state index is -1.12. The zero-order valence-electron chi connectivity index (χ0n) is 11.0. The fourth-order valence-corrected chi connectivity index (χ4v) is 0.615. The van der Waals surface area contributed by atoms with E-state index in [0.29, 0.717) is 6.42 Å². The van der Waals surface area contributed by atoms with E-state index in [1.807, 2.05) is 0 Å². The van der Waals surface area contributed by atoms with Crippen molar-refractivity contribution in [2.75, 3.05) is 6.61 Å². The number of carboxylic acid groups (broad SMARTS) is 2. The summed E-state index contributed by atoms with van der Waals surface area (Å²) >= 11 is 0. The van der Waals surface area contributed by atoms with Gasteiger partial charge in [-0.1, -0.05) is 20.1 Å². The smallest absolute Gasteiger partial charge is 0.337 e. The second kappa shape index (κ2) is 10.8. The van der Waals surface area contributed by atoms with Crippen LogP contribution in [0.5, 0.6) is 0 Å². The van der Waals surface area contributed by atoms with E-state index < -0.39 is 17.9 Å². The summed E-state index contributed by atoms with van der Waals surface area (Å²) in [6.07, 6.45) is 2.45. The summed E-state index contributed by atoms with van der Waals surface area (Å²) in [7, 11) is 0. The van der Waals surface area contributed by atoms with E-state index in [9.17, 15) is 14.4 Å². The van der Waals surface area contributed by atoms with E-state index in [4.69, 9.17) is 10.2 Å². The minimum Gasteiger partial charge on any atom is -0.478 e. The van der Waals surface area contributed by atoms with Gasteiger partial charge < -0.3 is 14.9 Å². The maximum absolute atomic E-state index is 10.8. The van der Waals surface area contributed by atoms with E-state index in [2.05, 4.69) is 17.9 Å². The van der Waals surface area contributed by atoms with Gasteiger partial charge in [0.1, 0.15) is 0 Å². The molecular formula is C13H18O6. The molecule has 0 unspecified atom stereocenters. The van der Waals surface area contributed by atoms with Gasteiger partial charge in [-0.2, -0.15) is 0 Å². The molecule has 0 bridgehead atoms. The SMILES string of the molecule is C=C(C=CC(=O)O)C(=O)OCC.C=C(CC)C(=O)O. The van der Waals surface area contributed by atoms with Crippen LogP contribution in [0.15, 0.2) is 36.5 Å². The summed E-state index contributed by atoms with van der Waals surface area (Å²) in [5.41, 5.74) is 0.291. The van der Waals surface area contributed by atoms with Crippen molar-refractivity contribution < 1.29 is 29.3 Å². The van der Waals surface area contributed by atoms with Crippen molar-refractivity contribution >= 4 is 17.9 Å². The molecule has 0 aliphatic heterocycles. The Kier molecular flexibility index (Phi) is 10.8. The predicted molar refractivity (Wildman–Crippen MR) is 69.6 cm³/mol. The Labute approximate surface area is 111 Å². The Hall–Kier alpha value is -2.37. The molecule has 6 heteroatoms. The van der Waals surface area contributed by atoms with E-state index >= 15 is 0 Å². The van der Waals surface area contributed by atoms with Crippen molar-refractivity contribution in [2.45, 2.75) is 20.3 Å². The highest BCUT2D eigenvalue weighted by Crippen LogP contribution is 1.96. The standard InChI is InChI=1S/C8H10O4.C5H8O2/c1-3-12-8(11)6(2)4-5-7(9)10;1-3-4(2)5(6)7/h4-5H,2-3H2,1H3,(H,9,10);2-3H2,1H3,(H,6,7). The van der Waals surface area contributed by atoms with Crippen molar-refractivity contribution in [1.82, 2.24) is 0 Å². The number of carbonyl (C=O) groups is 3. The lowest BCUT2D eigenvalue weighted by atomic mass is 10.2. The Morgan fingerprint density at radius 2 is 1.63 bits per heavy atom. The molecular weight excluding hydrogens is 252 g/mol. The maximum atomic E-state index is 10.8. The molecule has 0 heterocycles. The first-order valence-corrected chi connectivity index (χ1v) is 5.44. The highest BCUT2D eigenvalue weighted by molar-refractivity contribution is 5.93. The zero-order chi connectivity index (χ0) is 15.4. The number of rotatable bonds is 6. The number of aliphatic carboxylic acids is 2. The molecule has 0 spiro atoms. The van der Waals surface area contributed by atoms with Gasteiger partial charge in [-0.15, -0.1) is 0 Å². The number of carbonyl (C=O) groups excluding carboxylic acids is 1. The van der Waals surface area contributed by atoms with Crippen LogP contribution >= 0.6 is 0 Å². The second-order valence-electron chi connectivity index (χ2n) is 3.18. The fraction of sp³-hybridized carbons (Fsp3) is 0.308. The van der Waals surface area contributed by atoms with Gasteiger partial charge in [-0.25, -0.2) is 14.4 Å². The molecule has 0 saturated carbocycles. The monoisotopic (exact) mass is 270 g/mol. The molecule has 0 aromatic carbocycles. The van der Waals surface area contributed by atoms with Crippen molar-refractivity contribution in [3.8, 4) is 0 Å². The highest BCUT2D eigenvalue weighted by atomic mass is 16.5. The molecule has 0 aliphatic rings. The molecule has 0 radical (unpaired) electrons. The van der Waals surface area contributed by atoms with Crippen LogP contribution in [0.4, 0.5) is 0 Å². The second-order valence-corrected chi connectivity index (χ2v) is 3.18. The third kappa shape index (κ3) is 11.9. The summed E-state index contributed by atoms with van der Waals surface area (Å²) in [5, 5.41) is 16.3. The quantitative estimate of drug-likeness (QED) is 0.433. The first-order valence-electron chi connectivity index (χ1n) is 5.44. The van der Waals surface area contributed by atoms with E-state index in [0.717, 1.165) is 12.2 Å². The van der Waals surface area contributed by atoms with E-state index in [1.54, 1.807) is 13.8 Å². The van der Waals surface area contributed by atoms with Gasteiger partial charge in [0.05, 0.1) is 12.2 Å². The lowest BCUT2D eigenvalue weighted by molar-refractivity contribution is -0.138. The Morgan fingerprint density at radius 3 is 1.89 bits per heavy atom. The Morgan fingerprint density at radius 1 is 1.11 bits per heavy atom. The Balaban J connectivity index is 0. The first kappa shape index (κ1) is 19.0. The summed E-state index contributed by atoms with van der Waals surface area (Å²) < 4.78 is 4.55. The fourth-order valence-electron chi connectivity index (χ4n) is 0.615. The molecule has 2 N–H and O–H groups in total. The van der Waals surface area contributed by atoms with Crippen LogP contribution in [0.2, 0.25) is 0 Å². The molecule has 0 saturated heterocycles. The topological polar surface area (TPSA) is 101 Å². The van der Waals surface area contributed by atoms with Gasteiger partial charge in [-0.3, -0.25) is 0 Å². The van der Waals surface area contributed by atoms with E-state index in [-0.39, 0.29) is 17.8 Å². The largest absolute Gasteiger partial charge is 0.478 e. The van der Waals surface area contributed by atoms with Gasteiger partial charge in [0.2, 0.25) is 0 Å². The highest BCUT2D eigenvalue weighted by Gasteiger charge is 2.03. The molecule has 0 rings (SSSR count). The van der Waals surface area contributed by atoms with Gasteiger partial charge >= 0.3 is 17.9 Å². The third-order valence-electron chi connectivity index (χ3n) is 1.69. The van der Waals surface area contributed by atoms with Crippen LogP contribution in [0, 0.1) is 0 Å². The van der Waals surface area contributed by atoms with Gasteiger partial charge in [-0.05, 0) is 19.4 Å². The van der Waals surface area contributed by atoms with Gasteiger partial charge in [0, 0.05) is 11.6 Å². The van der Waals surface area contributed by atoms with Crippen LogP contribution in [-0.2, 0) is 19.1 Å². The molecule has 0 aromatic rings. The molecule has 0 atom stereocenters. The van der Waals surface area contributed by atoms with Crippen molar-refractivity contribution in [3.05, 3.63) is 36.5 Å². The van der Waals surface area contributed by atoms with Gasteiger partial charge in [0.15, 0.2) is 0 Å². The number of carboxylic acids is 2. The van der Waals surface area contributed by atoms with Crippen LogP contribution in [-0.4, -0.2) is 34.7 Å². The molecule has 106 valence electrons. The van der Waals surface area contributed by atoms with Crippen molar-refractivity contribution in [2.24, 2.45) is 0 Å². The molecule has 6 nitrogen and oxygen atoms in total. The predicted octanol–water partition coefficient (Wildman–Crippen LogP) is 1.78. The average molecular weight is 270 g/mol. The zero-order valence-corrected chi connectivity index (χ0v) is 11.0. The third-order valence-corrected chi connectivity index (χ3v) is 1.69. The Bertz CT molecular complexity index is 392. The van der Waals surface area contributed by atoms with Crippen molar-refractivity contribution in [1.29, 1.82) is 0 Å². The van der Waals surface area contributed by atoms with Crippen LogP contribution in [0.1, 0.15) is 20.3 Å². The van der Waals surface area contributed by atoms with E-state index in [1.165, 1.54) is 0 Å². The maximum Gasteiger partial charge on any atom is 0.337 e. The average Bonchev–Trinajstić information content (AvgIpc) is 2.35. The van der Waals surface area contributed by atoms with Crippen LogP contribution in [0.25, 0.3) is 0 Å². The first-order chi connectivity index (χ1) is 8.76. The summed E-state index contributed by atoms with van der Waals surface area (Å²) in [5.74, 6) is -2.63.